The highest BCUT2D eigenvalue weighted by molar-refractivity contribution is 5.94. The van der Waals surface area contributed by atoms with Crippen LogP contribution in [0.2, 0.25) is 0 Å². The van der Waals surface area contributed by atoms with Crippen LogP contribution in [0.15, 0.2) is 18.2 Å². The van der Waals surface area contributed by atoms with Crippen LogP contribution in [0.3, 0.4) is 0 Å². The molecule has 0 spiro atoms. The average Bonchev–Trinajstić information content (AvgIpc) is 2.85. The van der Waals surface area contributed by atoms with Crippen molar-refractivity contribution in [3.63, 3.8) is 0 Å². The summed E-state index contributed by atoms with van der Waals surface area (Å²) in [6.45, 7) is 2.16. The number of nitrogens with two attached hydrogens (primary N) is 1. The van der Waals surface area contributed by atoms with Gasteiger partial charge in [-0.15, -0.1) is 0 Å². The van der Waals surface area contributed by atoms with Crippen molar-refractivity contribution >= 4 is 17.3 Å². The molecule has 1 atom stereocenters. The maximum atomic E-state index is 11.0. The van der Waals surface area contributed by atoms with E-state index >= 15 is 0 Å². The third kappa shape index (κ3) is 2.75. The van der Waals surface area contributed by atoms with Crippen LogP contribution in [-0.2, 0) is 0 Å². The minimum Gasteiger partial charge on any atom is -0.478 e. The number of benzene rings is 1. The second kappa shape index (κ2) is 5.29. The second-order valence-corrected chi connectivity index (χ2v) is 5.08. The average molecular weight is 248 g/mol. The van der Waals surface area contributed by atoms with Crippen molar-refractivity contribution < 1.29 is 9.90 Å². The number of carbonyl (C=O) groups is 1. The molecule has 0 heterocycles. The Balaban J connectivity index is 2.09. The molecule has 0 saturated heterocycles. The number of anilines is 2. The van der Waals surface area contributed by atoms with Gasteiger partial charge in [0.25, 0.3) is 0 Å². The van der Waals surface area contributed by atoms with Gasteiger partial charge >= 0.3 is 5.97 Å². The first-order valence-corrected chi connectivity index (χ1v) is 6.47. The Morgan fingerprint density at radius 1 is 1.44 bits per heavy atom. The van der Waals surface area contributed by atoms with Crippen LogP contribution in [0.5, 0.6) is 0 Å². The van der Waals surface area contributed by atoms with E-state index in [4.69, 9.17) is 10.8 Å². The summed E-state index contributed by atoms with van der Waals surface area (Å²) in [5.74, 6) is -0.291. The summed E-state index contributed by atoms with van der Waals surface area (Å²) in [6.07, 6.45) is 5.13. The minimum atomic E-state index is -0.982. The monoisotopic (exact) mass is 248 g/mol. The molecule has 1 aliphatic rings. The Morgan fingerprint density at radius 2 is 2.11 bits per heavy atom. The predicted octanol–water partition coefficient (Wildman–Crippen LogP) is 2.96. The first-order valence-electron chi connectivity index (χ1n) is 6.47. The van der Waals surface area contributed by atoms with Crippen LogP contribution in [0, 0.1) is 5.92 Å². The van der Waals surface area contributed by atoms with Crippen LogP contribution in [0.4, 0.5) is 11.4 Å². The van der Waals surface area contributed by atoms with E-state index in [1.54, 1.807) is 12.1 Å². The van der Waals surface area contributed by atoms with Crippen molar-refractivity contribution in [3.8, 4) is 0 Å². The molecular formula is C14H20N2O2. The molecule has 98 valence electrons. The Morgan fingerprint density at radius 3 is 2.72 bits per heavy atom. The van der Waals surface area contributed by atoms with Gasteiger partial charge in [0.2, 0.25) is 0 Å². The van der Waals surface area contributed by atoms with Crippen molar-refractivity contribution in [2.24, 2.45) is 5.92 Å². The maximum Gasteiger partial charge on any atom is 0.337 e. The van der Waals surface area contributed by atoms with Crippen LogP contribution in [-0.4, -0.2) is 17.1 Å². The summed E-state index contributed by atoms with van der Waals surface area (Å²) in [5.41, 5.74) is 6.94. The topological polar surface area (TPSA) is 75.3 Å². The summed E-state index contributed by atoms with van der Waals surface area (Å²) < 4.78 is 0. The van der Waals surface area contributed by atoms with E-state index in [9.17, 15) is 4.79 Å². The fourth-order valence-electron chi connectivity index (χ4n) is 2.67. The van der Waals surface area contributed by atoms with E-state index in [-0.39, 0.29) is 5.56 Å². The number of nitrogen functional groups attached to an aromatic ring is 1. The molecule has 0 aromatic heterocycles. The van der Waals surface area contributed by atoms with Gasteiger partial charge in [0.05, 0.1) is 5.56 Å². The molecule has 0 bridgehead atoms. The van der Waals surface area contributed by atoms with E-state index < -0.39 is 5.97 Å². The van der Waals surface area contributed by atoms with Crippen LogP contribution >= 0.6 is 0 Å². The number of hydrogen-bond donors (Lipinski definition) is 3. The Hall–Kier alpha value is -1.71. The lowest BCUT2D eigenvalue weighted by Gasteiger charge is -2.22. The molecule has 1 saturated carbocycles. The number of hydrogen-bond acceptors (Lipinski definition) is 3. The van der Waals surface area contributed by atoms with Gasteiger partial charge in [-0.3, -0.25) is 0 Å². The van der Waals surface area contributed by atoms with E-state index in [1.165, 1.54) is 25.7 Å². The molecule has 1 aromatic carbocycles. The second-order valence-electron chi connectivity index (χ2n) is 5.08. The van der Waals surface area contributed by atoms with Crippen molar-refractivity contribution in [2.75, 3.05) is 11.1 Å². The fourth-order valence-corrected chi connectivity index (χ4v) is 2.67. The van der Waals surface area contributed by atoms with Gasteiger partial charge in [0, 0.05) is 17.4 Å². The van der Waals surface area contributed by atoms with Crippen molar-refractivity contribution in [2.45, 2.75) is 38.6 Å². The molecule has 0 aliphatic heterocycles. The van der Waals surface area contributed by atoms with Gasteiger partial charge in [-0.1, -0.05) is 12.8 Å². The molecule has 1 aliphatic carbocycles. The van der Waals surface area contributed by atoms with Gasteiger partial charge in [0.1, 0.15) is 0 Å². The molecule has 18 heavy (non-hydrogen) atoms. The highest BCUT2D eigenvalue weighted by Crippen LogP contribution is 2.29. The smallest absolute Gasteiger partial charge is 0.337 e. The van der Waals surface area contributed by atoms with E-state index in [2.05, 4.69) is 12.2 Å². The summed E-state index contributed by atoms with van der Waals surface area (Å²) in [7, 11) is 0. The van der Waals surface area contributed by atoms with Crippen molar-refractivity contribution in [1.29, 1.82) is 0 Å². The molecule has 4 heteroatoms. The number of carboxylic acid groups (broad SMARTS) is 1. The highest BCUT2D eigenvalue weighted by atomic mass is 16.4. The van der Waals surface area contributed by atoms with Gasteiger partial charge in [-0.2, -0.15) is 0 Å². The van der Waals surface area contributed by atoms with Gasteiger partial charge in [0.15, 0.2) is 0 Å². The number of aromatic carboxylic acids is 1. The van der Waals surface area contributed by atoms with Gasteiger partial charge < -0.3 is 16.2 Å². The standard InChI is InChI=1S/C14H20N2O2/c1-9(10-4-2-3-5-10)16-11-6-7-13(15)12(8-11)14(17)18/h6-10,16H,2-5,15H2,1H3,(H,17,18). The zero-order valence-electron chi connectivity index (χ0n) is 10.6. The summed E-state index contributed by atoms with van der Waals surface area (Å²) in [5, 5.41) is 12.4. The number of nitrogens with one attached hydrogen (secondary N) is 1. The first-order chi connectivity index (χ1) is 8.58. The van der Waals surface area contributed by atoms with Crippen LogP contribution in [0.25, 0.3) is 0 Å². The lowest BCUT2D eigenvalue weighted by molar-refractivity contribution is 0.0698. The minimum absolute atomic E-state index is 0.165. The van der Waals surface area contributed by atoms with Gasteiger partial charge in [-0.25, -0.2) is 4.79 Å². The van der Waals surface area contributed by atoms with Crippen molar-refractivity contribution in [3.05, 3.63) is 23.8 Å². The largest absolute Gasteiger partial charge is 0.478 e. The molecule has 1 aromatic rings. The quantitative estimate of drug-likeness (QED) is 0.716. The Labute approximate surface area is 107 Å². The van der Waals surface area contributed by atoms with E-state index in [0.29, 0.717) is 17.6 Å². The lowest BCUT2D eigenvalue weighted by atomic mass is 9.99. The van der Waals surface area contributed by atoms with E-state index in [1.807, 2.05) is 6.07 Å². The first kappa shape index (κ1) is 12.7. The lowest BCUT2D eigenvalue weighted by Crippen LogP contribution is -2.23. The SMILES string of the molecule is CC(Nc1ccc(N)c(C(=O)O)c1)C1CCCC1. The highest BCUT2D eigenvalue weighted by Gasteiger charge is 2.21. The molecule has 4 N–H and O–H groups in total. The third-order valence-corrected chi connectivity index (χ3v) is 3.78. The normalized spacial score (nSPS) is 17.6. The molecule has 1 fully saturated rings. The van der Waals surface area contributed by atoms with Gasteiger partial charge in [-0.05, 0) is 43.9 Å². The Kier molecular flexibility index (Phi) is 3.75. The van der Waals surface area contributed by atoms with Crippen molar-refractivity contribution in [1.82, 2.24) is 0 Å². The molecular weight excluding hydrogens is 228 g/mol. The third-order valence-electron chi connectivity index (χ3n) is 3.78. The zero-order chi connectivity index (χ0) is 13.1. The predicted molar refractivity (Wildman–Crippen MR) is 72.9 cm³/mol. The zero-order valence-corrected chi connectivity index (χ0v) is 10.6. The van der Waals surface area contributed by atoms with Crippen LogP contribution in [0.1, 0.15) is 43.0 Å². The summed E-state index contributed by atoms with van der Waals surface area (Å²) in [4.78, 5) is 11.0. The molecule has 1 unspecified atom stereocenters. The number of rotatable bonds is 4. The fraction of sp³-hybridized carbons (Fsp3) is 0.500. The molecule has 0 amide bonds. The maximum absolute atomic E-state index is 11.0. The summed E-state index contributed by atoms with van der Waals surface area (Å²) in [6, 6.07) is 5.47. The van der Waals surface area contributed by atoms with Crippen LogP contribution < -0.4 is 11.1 Å². The Bertz CT molecular complexity index is 439. The molecule has 2 rings (SSSR count). The van der Waals surface area contributed by atoms with E-state index in [0.717, 1.165) is 5.69 Å². The molecule has 4 nitrogen and oxygen atoms in total. The number of carboxylic acids is 1. The summed E-state index contributed by atoms with van der Waals surface area (Å²) >= 11 is 0. The molecule has 0 radical (unpaired) electrons.